The van der Waals surface area contributed by atoms with E-state index in [-0.39, 0.29) is 11.2 Å². The first kappa shape index (κ1) is 16.1. The molecule has 2 fully saturated rings. The van der Waals surface area contributed by atoms with Crippen LogP contribution in [0.3, 0.4) is 0 Å². The van der Waals surface area contributed by atoms with E-state index in [1.165, 1.54) is 5.56 Å². The number of ether oxygens (including phenoxy) is 2. The van der Waals surface area contributed by atoms with Gasteiger partial charge in [-0.2, -0.15) is 5.10 Å². The van der Waals surface area contributed by atoms with Gasteiger partial charge in [-0.15, -0.1) is 0 Å². The molecule has 0 bridgehead atoms. The van der Waals surface area contributed by atoms with Gasteiger partial charge in [-0.3, -0.25) is 4.99 Å². The molecule has 1 heterocycles. The molecule has 1 saturated carbocycles. The summed E-state index contributed by atoms with van der Waals surface area (Å²) in [4.78, 5) is 4.08. The Morgan fingerprint density at radius 2 is 1.78 bits per heavy atom. The van der Waals surface area contributed by atoms with Gasteiger partial charge in [-0.05, 0) is 18.4 Å². The molecule has 0 radical (unpaired) electrons. The fraction of sp³-hybridized carbons (Fsp3) is 0.556. The Labute approximate surface area is 137 Å². The number of hydrogen-bond donors (Lipinski definition) is 1. The summed E-state index contributed by atoms with van der Waals surface area (Å²) in [5.41, 5.74) is 2.18. The molecule has 1 aliphatic heterocycles. The molecule has 2 aliphatic rings. The fourth-order valence-corrected chi connectivity index (χ4v) is 3.87. The first-order valence-electron chi connectivity index (χ1n) is 8.24. The minimum absolute atomic E-state index is 0.0151. The summed E-state index contributed by atoms with van der Waals surface area (Å²) in [7, 11) is 1.75. The van der Waals surface area contributed by atoms with Gasteiger partial charge in [0.15, 0.2) is 5.79 Å². The predicted molar refractivity (Wildman–Crippen MR) is 91.9 cm³/mol. The van der Waals surface area contributed by atoms with Crippen LogP contribution in [0.4, 0.5) is 0 Å². The van der Waals surface area contributed by atoms with Gasteiger partial charge in [0.05, 0.1) is 18.9 Å². The van der Waals surface area contributed by atoms with Gasteiger partial charge in [0.2, 0.25) is 0 Å². The smallest absolute Gasteiger partial charge is 0.168 e. The zero-order valence-corrected chi connectivity index (χ0v) is 13.7. The topological polar surface area (TPSA) is 69.2 Å². The summed E-state index contributed by atoms with van der Waals surface area (Å²) >= 11 is 0. The van der Waals surface area contributed by atoms with E-state index in [1.807, 2.05) is 0 Å². The van der Waals surface area contributed by atoms with Crippen molar-refractivity contribution in [1.29, 1.82) is 0 Å². The molecule has 0 amide bonds. The van der Waals surface area contributed by atoms with Crippen molar-refractivity contribution in [1.82, 2.24) is 0 Å². The van der Waals surface area contributed by atoms with Crippen molar-refractivity contribution in [2.24, 2.45) is 15.9 Å². The van der Waals surface area contributed by atoms with E-state index in [9.17, 15) is 0 Å². The quantitative estimate of drug-likeness (QED) is 0.527. The first-order chi connectivity index (χ1) is 11.2. The second-order valence-corrected chi connectivity index (χ2v) is 6.44. The highest BCUT2D eigenvalue weighted by Gasteiger charge is 2.47. The molecule has 1 saturated heterocycles. The second kappa shape index (κ2) is 6.81. The van der Waals surface area contributed by atoms with Gasteiger partial charge in [0, 0.05) is 37.9 Å². The van der Waals surface area contributed by atoms with Crippen LogP contribution in [0.25, 0.3) is 0 Å². The highest BCUT2D eigenvalue weighted by atomic mass is 16.7. The van der Waals surface area contributed by atoms with E-state index >= 15 is 0 Å². The van der Waals surface area contributed by atoms with Gasteiger partial charge in [-0.25, -0.2) is 0 Å². The third-order valence-corrected chi connectivity index (χ3v) is 5.13. The van der Waals surface area contributed by atoms with Gasteiger partial charge < -0.3 is 15.3 Å². The Morgan fingerprint density at radius 1 is 1.13 bits per heavy atom. The molecule has 5 nitrogen and oxygen atoms in total. The maximum atomic E-state index is 5.89. The molecule has 1 aromatic rings. The molecule has 1 spiro atoms. The molecule has 2 N–H and O–H groups in total. The summed E-state index contributed by atoms with van der Waals surface area (Å²) in [5.74, 6) is 5.21. The van der Waals surface area contributed by atoms with Crippen molar-refractivity contribution in [3.8, 4) is 0 Å². The minimum Gasteiger partial charge on any atom is -0.348 e. The SMILES string of the molecule is CN=C/C(CC1(c2ccccc2)CCC2(CC1)OCCO2)=N\N. The van der Waals surface area contributed by atoms with Gasteiger partial charge in [0.25, 0.3) is 0 Å². The van der Waals surface area contributed by atoms with E-state index in [4.69, 9.17) is 15.3 Å². The summed E-state index contributed by atoms with van der Waals surface area (Å²) in [6.45, 7) is 1.41. The average Bonchev–Trinajstić information content (AvgIpc) is 3.06. The zero-order valence-electron chi connectivity index (χ0n) is 13.7. The Kier molecular flexibility index (Phi) is 4.78. The van der Waals surface area contributed by atoms with Crippen molar-refractivity contribution in [2.45, 2.75) is 43.3 Å². The summed E-state index contributed by atoms with van der Waals surface area (Å²) in [6, 6.07) is 10.6. The van der Waals surface area contributed by atoms with Crippen LogP contribution in [-0.2, 0) is 14.9 Å². The Bertz CT molecular complexity index is 567. The molecule has 5 heteroatoms. The molecule has 1 aromatic carbocycles. The molecule has 23 heavy (non-hydrogen) atoms. The van der Waals surface area contributed by atoms with E-state index in [1.54, 1.807) is 13.3 Å². The number of benzene rings is 1. The van der Waals surface area contributed by atoms with Crippen molar-refractivity contribution >= 4 is 11.9 Å². The number of nitrogens with two attached hydrogens (primary N) is 1. The van der Waals surface area contributed by atoms with Crippen molar-refractivity contribution in [2.75, 3.05) is 20.3 Å². The number of aliphatic imine (C=N–C) groups is 1. The molecule has 0 aromatic heterocycles. The lowest BCUT2D eigenvalue weighted by molar-refractivity contribution is -0.184. The largest absolute Gasteiger partial charge is 0.348 e. The summed E-state index contributed by atoms with van der Waals surface area (Å²) in [6.07, 6.45) is 6.35. The lowest BCUT2D eigenvalue weighted by atomic mass is 9.65. The number of hydrogen-bond acceptors (Lipinski definition) is 5. The highest BCUT2D eigenvalue weighted by molar-refractivity contribution is 6.30. The lowest BCUT2D eigenvalue weighted by Crippen LogP contribution is -2.43. The molecule has 0 atom stereocenters. The second-order valence-electron chi connectivity index (χ2n) is 6.44. The van der Waals surface area contributed by atoms with Crippen LogP contribution in [-0.4, -0.2) is 38.0 Å². The third kappa shape index (κ3) is 3.31. The van der Waals surface area contributed by atoms with E-state index in [0.717, 1.165) is 37.8 Å². The van der Waals surface area contributed by atoms with Gasteiger partial charge >= 0.3 is 0 Å². The van der Waals surface area contributed by atoms with Crippen molar-refractivity contribution in [3.05, 3.63) is 35.9 Å². The molecular weight excluding hydrogens is 290 g/mol. The average molecular weight is 315 g/mol. The van der Waals surface area contributed by atoms with Crippen LogP contribution in [0.5, 0.6) is 0 Å². The maximum absolute atomic E-state index is 5.89. The van der Waals surface area contributed by atoms with Crippen LogP contribution in [0.15, 0.2) is 40.4 Å². The fourth-order valence-electron chi connectivity index (χ4n) is 3.87. The highest BCUT2D eigenvalue weighted by Crippen LogP contribution is 2.48. The standard InChI is InChI=1S/C18H25N3O2/c1-20-14-16(21-19)13-17(15-5-3-2-4-6-15)7-9-18(10-8-17)22-11-12-23-18/h2-6,14H,7-13,19H2,1H3/b20-14?,21-16-. The predicted octanol–water partition coefficient (Wildman–Crippen LogP) is 2.65. The van der Waals surface area contributed by atoms with Crippen LogP contribution in [0, 0.1) is 0 Å². The zero-order chi connectivity index (χ0) is 16.2. The lowest BCUT2D eigenvalue weighted by Gasteiger charge is -2.44. The Morgan fingerprint density at radius 3 is 2.35 bits per heavy atom. The van der Waals surface area contributed by atoms with E-state index in [2.05, 4.69) is 40.4 Å². The monoisotopic (exact) mass is 315 g/mol. The summed E-state index contributed by atoms with van der Waals surface area (Å²) in [5, 5.41) is 3.94. The van der Waals surface area contributed by atoms with E-state index in [0.29, 0.717) is 13.2 Å². The van der Waals surface area contributed by atoms with Crippen LogP contribution >= 0.6 is 0 Å². The van der Waals surface area contributed by atoms with E-state index < -0.39 is 0 Å². The normalized spacial score (nSPS) is 23.6. The Hall–Kier alpha value is -1.72. The van der Waals surface area contributed by atoms with Crippen LogP contribution in [0.1, 0.15) is 37.7 Å². The Balaban J connectivity index is 1.86. The number of nitrogens with zero attached hydrogens (tertiary/aromatic N) is 2. The number of hydrazone groups is 1. The molecule has 1 aliphatic carbocycles. The minimum atomic E-state index is -0.364. The molecular formula is C18H25N3O2. The van der Waals surface area contributed by atoms with Crippen molar-refractivity contribution in [3.63, 3.8) is 0 Å². The number of rotatable bonds is 4. The third-order valence-electron chi connectivity index (χ3n) is 5.13. The van der Waals surface area contributed by atoms with Crippen molar-refractivity contribution < 1.29 is 9.47 Å². The molecule has 3 rings (SSSR count). The molecule has 124 valence electrons. The van der Waals surface area contributed by atoms with Gasteiger partial charge in [0.1, 0.15) is 0 Å². The first-order valence-corrected chi connectivity index (χ1v) is 8.24. The van der Waals surface area contributed by atoms with Gasteiger partial charge in [-0.1, -0.05) is 30.3 Å². The molecule has 0 unspecified atom stereocenters. The maximum Gasteiger partial charge on any atom is 0.168 e. The van der Waals surface area contributed by atoms with Crippen LogP contribution < -0.4 is 5.84 Å². The summed E-state index contributed by atoms with van der Waals surface area (Å²) < 4.78 is 11.8. The van der Waals surface area contributed by atoms with Crippen LogP contribution in [0.2, 0.25) is 0 Å².